The number of imidazole rings is 1. The third-order valence-corrected chi connectivity index (χ3v) is 3.92. The fourth-order valence-electron chi connectivity index (χ4n) is 1.97. The molecule has 3 nitrogen and oxygen atoms in total. The van der Waals surface area contributed by atoms with Gasteiger partial charge in [-0.3, -0.25) is 0 Å². The van der Waals surface area contributed by atoms with Gasteiger partial charge in [0, 0.05) is 25.3 Å². The predicted molar refractivity (Wildman–Crippen MR) is 77.7 cm³/mol. The highest BCUT2D eigenvalue weighted by molar-refractivity contribution is 6.42. The van der Waals surface area contributed by atoms with Crippen molar-refractivity contribution < 1.29 is 0 Å². The molecule has 0 radical (unpaired) electrons. The van der Waals surface area contributed by atoms with Gasteiger partial charge in [0.2, 0.25) is 0 Å². The molecule has 1 N–H and O–H groups in total. The summed E-state index contributed by atoms with van der Waals surface area (Å²) in [6, 6.07) is 6.41. The first kappa shape index (κ1) is 13.0. The fourth-order valence-corrected chi connectivity index (χ4v) is 2.29. The van der Waals surface area contributed by atoms with Crippen molar-refractivity contribution in [2.75, 3.05) is 0 Å². The molecule has 0 aliphatic heterocycles. The molecule has 19 heavy (non-hydrogen) atoms. The van der Waals surface area contributed by atoms with Crippen LogP contribution >= 0.6 is 23.2 Å². The number of nitrogens with one attached hydrogen (secondary N) is 1. The minimum absolute atomic E-state index is 0.588. The Hall–Kier alpha value is -1.03. The van der Waals surface area contributed by atoms with E-state index in [0.29, 0.717) is 16.1 Å². The van der Waals surface area contributed by atoms with Crippen LogP contribution in [0.1, 0.15) is 24.1 Å². The van der Waals surface area contributed by atoms with Crippen LogP contribution in [0.4, 0.5) is 0 Å². The van der Waals surface area contributed by atoms with Crippen molar-refractivity contribution in [1.29, 1.82) is 0 Å². The van der Waals surface area contributed by atoms with Gasteiger partial charge in [0.1, 0.15) is 0 Å². The van der Waals surface area contributed by atoms with Gasteiger partial charge in [0.25, 0.3) is 0 Å². The van der Waals surface area contributed by atoms with Crippen LogP contribution in [0.3, 0.4) is 0 Å². The predicted octanol–water partition coefficient (Wildman–Crippen LogP) is 3.49. The van der Waals surface area contributed by atoms with E-state index in [2.05, 4.69) is 21.1 Å². The molecular weight excluding hydrogens is 281 g/mol. The van der Waals surface area contributed by atoms with Gasteiger partial charge in [-0.2, -0.15) is 0 Å². The summed E-state index contributed by atoms with van der Waals surface area (Å²) in [5, 5.41) is 4.63. The molecule has 3 rings (SSSR count). The summed E-state index contributed by atoms with van der Waals surface area (Å²) >= 11 is 11.9. The van der Waals surface area contributed by atoms with Gasteiger partial charge in [-0.15, -0.1) is 0 Å². The Labute approximate surface area is 122 Å². The van der Waals surface area contributed by atoms with Crippen LogP contribution in [0.25, 0.3) is 0 Å². The highest BCUT2D eigenvalue weighted by atomic mass is 35.5. The molecule has 0 amide bonds. The van der Waals surface area contributed by atoms with Gasteiger partial charge in [0.15, 0.2) is 0 Å². The molecule has 0 unspecified atom stereocenters. The summed E-state index contributed by atoms with van der Waals surface area (Å²) in [4.78, 5) is 4.39. The molecule has 0 spiro atoms. The van der Waals surface area contributed by atoms with Crippen molar-refractivity contribution >= 4 is 23.2 Å². The quantitative estimate of drug-likeness (QED) is 0.915. The molecule has 0 atom stereocenters. The van der Waals surface area contributed by atoms with Crippen LogP contribution in [0, 0.1) is 0 Å². The van der Waals surface area contributed by atoms with E-state index in [1.54, 1.807) is 0 Å². The number of rotatable bonds is 5. The minimum Gasteiger partial charge on any atom is -0.333 e. The fraction of sp³-hybridized carbons (Fsp3) is 0.357. The lowest BCUT2D eigenvalue weighted by Crippen LogP contribution is -2.15. The van der Waals surface area contributed by atoms with Crippen molar-refractivity contribution in [3.05, 3.63) is 52.0 Å². The molecule has 0 saturated heterocycles. The van der Waals surface area contributed by atoms with Gasteiger partial charge < -0.3 is 9.88 Å². The molecular formula is C14H15Cl2N3. The van der Waals surface area contributed by atoms with Crippen molar-refractivity contribution in [2.24, 2.45) is 0 Å². The van der Waals surface area contributed by atoms with E-state index in [4.69, 9.17) is 23.2 Å². The Morgan fingerprint density at radius 3 is 2.84 bits per heavy atom. The Kier molecular flexibility index (Phi) is 3.78. The van der Waals surface area contributed by atoms with Crippen LogP contribution in [-0.4, -0.2) is 15.6 Å². The summed E-state index contributed by atoms with van der Waals surface area (Å²) < 4.78 is 2.06. The van der Waals surface area contributed by atoms with E-state index in [1.165, 1.54) is 12.8 Å². The number of benzene rings is 1. The molecule has 2 aromatic rings. The molecule has 1 aliphatic carbocycles. The Bertz CT molecular complexity index is 576. The zero-order valence-electron chi connectivity index (χ0n) is 10.4. The molecule has 1 aromatic heterocycles. The third kappa shape index (κ3) is 3.50. The number of hydrogen-bond acceptors (Lipinski definition) is 2. The zero-order chi connectivity index (χ0) is 13.2. The first-order valence-corrected chi connectivity index (χ1v) is 7.14. The highest BCUT2D eigenvalue weighted by Crippen LogP contribution is 2.23. The molecule has 0 bridgehead atoms. The smallest absolute Gasteiger partial charge is 0.0953 e. The summed E-state index contributed by atoms with van der Waals surface area (Å²) in [5.41, 5.74) is 2.19. The summed E-state index contributed by atoms with van der Waals surface area (Å²) in [6.07, 6.45) is 6.51. The van der Waals surface area contributed by atoms with Gasteiger partial charge >= 0.3 is 0 Å². The Morgan fingerprint density at radius 2 is 2.11 bits per heavy atom. The highest BCUT2D eigenvalue weighted by Gasteiger charge is 2.20. The van der Waals surface area contributed by atoms with E-state index in [0.717, 1.165) is 24.3 Å². The first-order chi connectivity index (χ1) is 9.20. The number of nitrogens with zero attached hydrogens (tertiary/aromatic N) is 2. The second kappa shape index (κ2) is 5.53. The van der Waals surface area contributed by atoms with Crippen LogP contribution < -0.4 is 5.32 Å². The van der Waals surface area contributed by atoms with Gasteiger partial charge in [0.05, 0.1) is 22.1 Å². The third-order valence-electron chi connectivity index (χ3n) is 3.19. The molecule has 100 valence electrons. The number of hydrogen-bond donors (Lipinski definition) is 1. The summed E-state index contributed by atoms with van der Waals surface area (Å²) in [6.45, 7) is 1.60. The average Bonchev–Trinajstić information content (AvgIpc) is 3.12. The summed E-state index contributed by atoms with van der Waals surface area (Å²) in [7, 11) is 0. The Morgan fingerprint density at radius 1 is 1.26 bits per heavy atom. The summed E-state index contributed by atoms with van der Waals surface area (Å²) in [5.74, 6) is 0. The van der Waals surface area contributed by atoms with Gasteiger partial charge in [-0.05, 0) is 30.5 Å². The number of halogens is 2. The molecule has 1 saturated carbocycles. The zero-order valence-corrected chi connectivity index (χ0v) is 12.0. The van der Waals surface area contributed by atoms with Gasteiger partial charge in [-0.25, -0.2) is 4.98 Å². The largest absolute Gasteiger partial charge is 0.333 e. The second-order valence-electron chi connectivity index (χ2n) is 4.94. The van der Waals surface area contributed by atoms with E-state index in [9.17, 15) is 0 Å². The number of aromatic nitrogens is 2. The van der Waals surface area contributed by atoms with E-state index < -0.39 is 0 Å². The molecule has 1 aromatic carbocycles. The van der Waals surface area contributed by atoms with Crippen LogP contribution in [-0.2, 0) is 13.1 Å². The Balaban J connectivity index is 1.63. The molecule has 1 aliphatic rings. The van der Waals surface area contributed by atoms with E-state index in [1.807, 2.05) is 24.5 Å². The van der Waals surface area contributed by atoms with E-state index >= 15 is 0 Å². The minimum atomic E-state index is 0.588. The van der Waals surface area contributed by atoms with Crippen LogP contribution in [0.15, 0.2) is 30.7 Å². The first-order valence-electron chi connectivity index (χ1n) is 6.38. The SMILES string of the molecule is Clc1ccc(Cn2cnc(CNC3CC3)c2)cc1Cl. The standard InChI is InChI=1S/C14H15Cl2N3/c15-13-4-1-10(5-14(13)16)7-19-8-12(18-9-19)6-17-11-2-3-11/h1,4-5,8-9,11,17H,2-3,6-7H2. The van der Waals surface area contributed by atoms with Crippen molar-refractivity contribution in [2.45, 2.75) is 32.0 Å². The van der Waals surface area contributed by atoms with Gasteiger partial charge in [-0.1, -0.05) is 29.3 Å². The maximum atomic E-state index is 6.01. The van der Waals surface area contributed by atoms with Crippen molar-refractivity contribution in [3.63, 3.8) is 0 Å². The van der Waals surface area contributed by atoms with Crippen molar-refractivity contribution in [1.82, 2.24) is 14.9 Å². The van der Waals surface area contributed by atoms with Crippen molar-refractivity contribution in [3.8, 4) is 0 Å². The molecule has 5 heteroatoms. The monoisotopic (exact) mass is 295 g/mol. The second-order valence-corrected chi connectivity index (χ2v) is 5.76. The maximum Gasteiger partial charge on any atom is 0.0953 e. The molecule has 1 fully saturated rings. The van der Waals surface area contributed by atoms with Crippen LogP contribution in [0.2, 0.25) is 10.0 Å². The lowest BCUT2D eigenvalue weighted by molar-refractivity contribution is 0.676. The normalized spacial score (nSPS) is 14.8. The lowest BCUT2D eigenvalue weighted by atomic mass is 10.2. The molecule has 1 heterocycles. The topological polar surface area (TPSA) is 29.9 Å². The maximum absolute atomic E-state index is 6.01. The van der Waals surface area contributed by atoms with E-state index in [-0.39, 0.29) is 0 Å². The average molecular weight is 296 g/mol. The lowest BCUT2D eigenvalue weighted by Gasteiger charge is -2.04. The van der Waals surface area contributed by atoms with Crippen LogP contribution in [0.5, 0.6) is 0 Å².